The van der Waals surface area contributed by atoms with Gasteiger partial charge in [0, 0.05) is 19.0 Å². The summed E-state index contributed by atoms with van der Waals surface area (Å²) in [4.78, 5) is 36.0. The minimum atomic E-state index is -0.990. The molecule has 0 aliphatic heterocycles. The number of ether oxygens (including phenoxy) is 1. The van der Waals surface area contributed by atoms with Crippen molar-refractivity contribution in [3.05, 3.63) is 77.1 Å². The van der Waals surface area contributed by atoms with E-state index in [-0.39, 0.29) is 24.8 Å². The van der Waals surface area contributed by atoms with Crippen molar-refractivity contribution in [3.63, 3.8) is 0 Å². The summed E-state index contributed by atoms with van der Waals surface area (Å²) in [5, 5.41) is 18.7. The topological polar surface area (TPSA) is 123 Å². The van der Waals surface area contributed by atoms with Crippen LogP contribution in [0.4, 0.5) is 4.79 Å². The summed E-state index contributed by atoms with van der Waals surface area (Å²) in [5.41, 5.74) is 5.32. The second kappa shape index (κ2) is 10.0. The lowest BCUT2D eigenvalue weighted by Gasteiger charge is -2.17. The maximum Gasteiger partial charge on any atom is 0.407 e. The molecule has 2 atom stereocenters. The normalized spacial score (nSPS) is 13.9. The predicted molar refractivity (Wildman–Crippen MR) is 129 cm³/mol. The third kappa shape index (κ3) is 5.03. The Morgan fingerprint density at radius 3 is 2.26 bits per heavy atom. The van der Waals surface area contributed by atoms with Gasteiger partial charge in [-0.05, 0) is 42.2 Å². The van der Waals surface area contributed by atoms with Gasteiger partial charge >= 0.3 is 12.1 Å². The number of aromatic nitrogens is 2. The molecule has 0 bridgehead atoms. The van der Waals surface area contributed by atoms with Crippen molar-refractivity contribution in [2.45, 2.75) is 32.4 Å². The number of hydrogen-bond donors (Lipinski definition) is 3. The van der Waals surface area contributed by atoms with Crippen molar-refractivity contribution < 1.29 is 24.2 Å². The average Bonchev–Trinajstić information content (AvgIpc) is 3.38. The van der Waals surface area contributed by atoms with Crippen LogP contribution in [-0.2, 0) is 23.1 Å². The number of aryl methyl sites for hydroxylation is 1. The van der Waals surface area contributed by atoms with E-state index in [0.717, 1.165) is 22.3 Å². The summed E-state index contributed by atoms with van der Waals surface area (Å²) in [6, 6.07) is 17.2. The van der Waals surface area contributed by atoms with E-state index in [0.29, 0.717) is 5.69 Å². The van der Waals surface area contributed by atoms with Crippen LogP contribution < -0.4 is 10.6 Å². The minimum absolute atomic E-state index is 0.0338. The standard InChI is InChI=1S/C26H28N4O5/c1-15(25(32)33)16(2)28-24(31)23-12-17(29-30(23)3)13-27-26(34)35-14-22-20-10-6-4-8-18(20)19-9-5-7-11-21(19)22/h4-12,15-16,22H,13-14H2,1-3H3,(H,27,34)(H,28,31)(H,32,33). The molecule has 0 fully saturated rings. The monoisotopic (exact) mass is 476 g/mol. The number of carbonyl (C=O) groups is 3. The number of rotatable bonds is 8. The molecule has 2 aromatic carbocycles. The van der Waals surface area contributed by atoms with Crippen molar-refractivity contribution >= 4 is 18.0 Å². The van der Waals surface area contributed by atoms with E-state index >= 15 is 0 Å². The molecule has 2 unspecified atom stereocenters. The highest BCUT2D eigenvalue weighted by Gasteiger charge is 2.29. The fourth-order valence-corrected chi connectivity index (χ4v) is 4.26. The summed E-state index contributed by atoms with van der Waals surface area (Å²) in [7, 11) is 1.61. The van der Waals surface area contributed by atoms with Crippen molar-refractivity contribution in [2.24, 2.45) is 13.0 Å². The summed E-state index contributed by atoms with van der Waals surface area (Å²) >= 11 is 0. The number of nitrogens with zero attached hydrogens (tertiary/aromatic N) is 2. The largest absolute Gasteiger partial charge is 0.481 e. The fourth-order valence-electron chi connectivity index (χ4n) is 4.26. The first kappa shape index (κ1) is 24.0. The quantitative estimate of drug-likeness (QED) is 0.459. The molecule has 0 saturated carbocycles. The van der Waals surface area contributed by atoms with Crippen LogP contribution in [0.1, 0.15) is 47.1 Å². The van der Waals surface area contributed by atoms with Crippen molar-refractivity contribution in [1.29, 1.82) is 0 Å². The lowest BCUT2D eigenvalue weighted by molar-refractivity contribution is -0.141. The zero-order chi connectivity index (χ0) is 25.1. The Morgan fingerprint density at radius 1 is 1.06 bits per heavy atom. The summed E-state index contributed by atoms with van der Waals surface area (Å²) < 4.78 is 6.92. The highest BCUT2D eigenvalue weighted by atomic mass is 16.5. The van der Waals surface area contributed by atoms with Crippen LogP contribution in [0.25, 0.3) is 11.1 Å². The van der Waals surface area contributed by atoms with Gasteiger partial charge in [0.2, 0.25) is 0 Å². The highest BCUT2D eigenvalue weighted by molar-refractivity contribution is 5.93. The molecular weight excluding hydrogens is 448 g/mol. The second-order valence-electron chi connectivity index (χ2n) is 8.71. The number of nitrogens with one attached hydrogen (secondary N) is 2. The number of fused-ring (bicyclic) bond motifs is 3. The van der Waals surface area contributed by atoms with Crippen LogP contribution in [0.5, 0.6) is 0 Å². The van der Waals surface area contributed by atoms with Gasteiger partial charge in [0.15, 0.2) is 0 Å². The van der Waals surface area contributed by atoms with Crippen LogP contribution in [-0.4, -0.2) is 45.5 Å². The van der Waals surface area contributed by atoms with Gasteiger partial charge < -0.3 is 20.5 Å². The van der Waals surface area contributed by atoms with Gasteiger partial charge in [-0.1, -0.05) is 48.5 Å². The zero-order valence-corrected chi connectivity index (χ0v) is 19.8. The van der Waals surface area contributed by atoms with Gasteiger partial charge in [-0.25, -0.2) is 4.79 Å². The summed E-state index contributed by atoms with van der Waals surface area (Å²) in [6.45, 7) is 3.45. The maximum atomic E-state index is 12.5. The molecule has 3 N–H and O–H groups in total. The maximum absolute atomic E-state index is 12.5. The molecule has 0 saturated heterocycles. The third-order valence-electron chi connectivity index (χ3n) is 6.42. The van der Waals surface area contributed by atoms with Crippen LogP contribution in [0, 0.1) is 5.92 Å². The fraction of sp³-hybridized carbons (Fsp3) is 0.308. The van der Waals surface area contributed by atoms with E-state index in [1.165, 1.54) is 11.6 Å². The second-order valence-corrected chi connectivity index (χ2v) is 8.71. The Hall–Kier alpha value is -4.14. The summed E-state index contributed by atoms with van der Waals surface area (Å²) in [5.74, 6) is -2.20. The Bertz CT molecular complexity index is 1220. The van der Waals surface area contributed by atoms with Gasteiger partial charge in [-0.2, -0.15) is 5.10 Å². The number of aliphatic carboxylic acids is 1. The van der Waals surface area contributed by atoms with Crippen molar-refractivity contribution in [3.8, 4) is 11.1 Å². The van der Waals surface area contributed by atoms with E-state index in [9.17, 15) is 14.4 Å². The van der Waals surface area contributed by atoms with Gasteiger partial charge in [0.1, 0.15) is 12.3 Å². The molecular formula is C26H28N4O5. The molecule has 1 aliphatic carbocycles. The number of alkyl carbamates (subject to hydrolysis) is 1. The van der Waals surface area contributed by atoms with Crippen LogP contribution >= 0.6 is 0 Å². The Morgan fingerprint density at radius 2 is 1.66 bits per heavy atom. The molecule has 9 heteroatoms. The number of hydrogen-bond acceptors (Lipinski definition) is 5. The average molecular weight is 477 g/mol. The smallest absolute Gasteiger partial charge is 0.407 e. The van der Waals surface area contributed by atoms with E-state index in [1.807, 2.05) is 24.3 Å². The van der Waals surface area contributed by atoms with E-state index in [1.54, 1.807) is 20.0 Å². The predicted octanol–water partition coefficient (Wildman–Crippen LogP) is 3.30. The van der Waals surface area contributed by atoms with E-state index in [2.05, 4.69) is 40.0 Å². The molecule has 2 amide bonds. The number of carboxylic acids is 1. The minimum Gasteiger partial charge on any atom is -0.481 e. The van der Waals surface area contributed by atoms with Gasteiger partial charge in [-0.3, -0.25) is 14.3 Å². The lowest BCUT2D eigenvalue weighted by atomic mass is 9.98. The zero-order valence-electron chi connectivity index (χ0n) is 19.8. The lowest BCUT2D eigenvalue weighted by Crippen LogP contribution is -2.40. The summed E-state index contributed by atoms with van der Waals surface area (Å²) in [6.07, 6.45) is -0.576. The van der Waals surface area contributed by atoms with Crippen molar-refractivity contribution in [2.75, 3.05) is 6.61 Å². The Labute approximate surface area is 203 Å². The van der Waals surface area contributed by atoms with E-state index < -0.39 is 29.9 Å². The molecule has 1 aliphatic rings. The molecule has 1 heterocycles. The van der Waals surface area contributed by atoms with Crippen LogP contribution in [0.15, 0.2) is 54.6 Å². The number of carbonyl (C=O) groups excluding carboxylic acids is 2. The molecule has 9 nitrogen and oxygen atoms in total. The molecule has 4 rings (SSSR count). The first-order valence-corrected chi connectivity index (χ1v) is 11.4. The van der Waals surface area contributed by atoms with Crippen molar-refractivity contribution in [1.82, 2.24) is 20.4 Å². The molecule has 0 spiro atoms. The number of benzene rings is 2. The molecule has 182 valence electrons. The van der Waals surface area contributed by atoms with Crippen LogP contribution in [0.2, 0.25) is 0 Å². The first-order valence-electron chi connectivity index (χ1n) is 11.4. The molecule has 35 heavy (non-hydrogen) atoms. The number of amides is 2. The van der Waals surface area contributed by atoms with E-state index in [4.69, 9.17) is 9.84 Å². The molecule has 1 aromatic heterocycles. The molecule has 3 aromatic rings. The molecule has 0 radical (unpaired) electrons. The van der Waals surface area contributed by atoms with Gasteiger partial charge in [-0.15, -0.1) is 0 Å². The third-order valence-corrected chi connectivity index (χ3v) is 6.42. The Kier molecular flexibility index (Phi) is 6.86. The highest BCUT2D eigenvalue weighted by Crippen LogP contribution is 2.44. The number of carboxylic acid groups (broad SMARTS) is 1. The van der Waals surface area contributed by atoms with Crippen LogP contribution in [0.3, 0.4) is 0 Å². The SMILES string of the molecule is CC(NC(=O)c1cc(CNC(=O)OCC2c3ccccc3-c3ccccc32)nn1C)C(C)C(=O)O. The first-order chi connectivity index (χ1) is 16.8. The Balaban J connectivity index is 1.33. The van der Waals surface area contributed by atoms with Gasteiger partial charge in [0.25, 0.3) is 5.91 Å². The van der Waals surface area contributed by atoms with Gasteiger partial charge in [0.05, 0.1) is 18.2 Å².